The fraction of sp³-hybridized carbons (Fsp3) is 0.125. The van der Waals surface area contributed by atoms with Gasteiger partial charge in [0.15, 0.2) is 0 Å². The van der Waals surface area contributed by atoms with Crippen molar-refractivity contribution in [1.29, 1.82) is 0 Å². The van der Waals surface area contributed by atoms with Crippen molar-refractivity contribution in [3.05, 3.63) is 65.6 Å². The molecule has 3 heteroatoms. The highest BCUT2D eigenvalue weighted by atomic mass is 19.1. The molecule has 0 spiro atoms. The van der Waals surface area contributed by atoms with Crippen molar-refractivity contribution in [2.75, 3.05) is 5.73 Å². The predicted molar refractivity (Wildman–Crippen MR) is 76.6 cm³/mol. The van der Waals surface area contributed by atoms with Crippen molar-refractivity contribution in [1.82, 2.24) is 4.57 Å². The van der Waals surface area contributed by atoms with Crippen LogP contribution in [0.1, 0.15) is 11.1 Å². The van der Waals surface area contributed by atoms with Crippen molar-refractivity contribution in [3.8, 4) is 0 Å². The third-order valence-electron chi connectivity index (χ3n) is 3.41. The van der Waals surface area contributed by atoms with E-state index in [0.717, 1.165) is 11.1 Å². The maximum absolute atomic E-state index is 13.5. The number of aryl methyl sites for hydroxylation is 1. The molecular formula is C16H15FN2. The van der Waals surface area contributed by atoms with Crippen LogP contribution in [0.4, 0.5) is 10.1 Å². The summed E-state index contributed by atoms with van der Waals surface area (Å²) in [6, 6.07) is 13.2. The molecule has 0 saturated carbocycles. The monoisotopic (exact) mass is 254 g/mol. The highest BCUT2D eigenvalue weighted by Gasteiger charge is 2.06. The van der Waals surface area contributed by atoms with E-state index in [-0.39, 0.29) is 11.5 Å². The zero-order valence-electron chi connectivity index (χ0n) is 10.7. The molecule has 0 atom stereocenters. The third-order valence-corrected chi connectivity index (χ3v) is 3.41. The zero-order valence-corrected chi connectivity index (χ0v) is 10.7. The van der Waals surface area contributed by atoms with E-state index in [0.29, 0.717) is 6.54 Å². The first kappa shape index (κ1) is 11.8. The normalized spacial score (nSPS) is 11.1. The standard InChI is InChI=1S/C16H15FN2/c1-11-9-19(16-5-3-2-4-13(11)16)10-12-6-7-15(18)14(17)8-12/h2-9H,10,18H2,1H3. The third kappa shape index (κ3) is 2.08. The Bertz CT molecular complexity index is 744. The van der Waals surface area contributed by atoms with Crippen molar-refractivity contribution in [2.45, 2.75) is 13.5 Å². The molecule has 19 heavy (non-hydrogen) atoms. The van der Waals surface area contributed by atoms with Crippen LogP contribution in [0, 0.1) is 12.7 Å². The maximum Gasteiger partial charge on any atom is 0.146 e. The Labute approximate surface area is 111 Å². The fourth-order valence-electron chi connectivity index (χ4n) is 2.43. The number of halogens is 1. The molecule has 1 heterocycles. The summed E-state index contributed by atoms with van der Waals surface area (Å²) in [4.78, 5) is 0. The van der Waals surface area contributed by atoms with Crippen LogP contribution in [0.2, 0.25) is 0 Å². The van der Waals surface area contributed by atoms with Crippen molar-refractivity contribution >= 4 is 16.6 Å². The van der Waals surface area contributed by atoms with E-state index in [1.165, 1.54) is 17.0 Å². The molecule has 2 nitrogen and oxygen atoms in total. The van der Waals surface area contributed by atoms with Gasteiger partial charge in [-0.2, -0.15) is 0 Å². The number of benzene rings is 2. The molecule has 3 aromatic rings. The van der Waals surface area contributed by atoms with Gasteiger partial charge < -0.3 is 10.3 Å². The van der Waals surface area contributed by atoms with Crippen LogP contribution in [0.15, 0.2) is 48.7 Å². The summed E-state index contributed by atoms with van der Waals surface area (Å²) in [7, 11) is 0. The van der Waals surface area contributed by atoms with Gasteiger partial charge in [0.05, 0.1) is 5.69 Å². The number of aromatic nitrogens is 1. The van der Waals surface area contributed by atoms with Crippen LogP contribution in [0.3, 0.4) is 0 Å². The molecule has 0 aliphatic heterocycles. The summed E-state index contributed by atoms with van der Waals surface area (Å²) in [5, 5.41) is 1.23. The molecule has 2 aromatic carbocycles. The van der Waals surface area contributed by atoms with Gasteiger partial charge >= 0.3 is 0 Å². The maximum atomic E-state index is 13.5. The van der Waals surface area contributed by atoms with Gasteiger partial charge in [-0.1, -0.05) is 24.3 Å². The quantitative estimate of drug-likeness (QED) is 0.694. The van der Waals surface area contributed by atoms with Crippen LogP contribution in [-0.2, 0) is 6.54 Å². The molecule has 0 radical (unpaired) electrons. The van der Waals surface area contributed by atoms with E-state index >= 15 is 0 Å². The van der Waals surface area contributed by atoms with E-state index in [1.807, 2.05) is 18.2 Å². The zero-order chi connectivity index (χ0) is 13.4. The van der Waals surface area contributed by atoms with Crippen LogP contribution >= 0.6 is 0 Å². The predicted octanol–water partition coefficient (Wildman–Crippen LogP) is 3.72. The molecule has 3 rings (SSSR count). The smallest absolute Gasteiger partial charge is 0.146 e. The summed E-state index contributed by atoms with van der Waals surface area (Å²) in [6.45, 7) is 2.73. The summed E-state index contributed by atoms with van der Waals surface area (Å²) >= 11 is 0. The second kappa shape index (κ2) is 4.43. The molecule has 1 aromatic heterocycles. The van der Waals surface area contributed by atoms with Gasteiger partial charge in [-0.05, 0) is 36.2 Å². The summed E-state index contributed by atoms with van der Waals surface area (Å²) in [5.41, 5.74) is 8.99. The Hall–Kier alpha value is -2.29. The van der Waals surface area contributed by atoms with Crippen molar-refractivity contribution in [2.24, 2.45) is 0 Å². The average Bonchev–Trinajstić information content (AvgIpc) is 2.72. The number of hydrogen-bond acceptors (Lipinski definition) is 1. The van der Waals surface area contributed by atoms with Crippen LogP contribution < -0.4 is 5.73 Å². The second-order valence-electron chi connectivity index (χ2n) is 4.81. The molecule has 0 aliphatic carbocycles. The van der Waals surface area contributed by atoms with Gasteiger partial charge in [0.2, 0.25) is 0 Å². The average molecular weight is 254 g/mol. The largest absolute Gasteiger partial charge is 0.396 e. The SMILES string of the molecule is Cc1cn(Cc2ccc(N)c(F)c2)c2ccccc12. The number of nitrogens with two attached hydrogens (primary N) is 1. The number of hydrogen-bond donors (Lipinski definition) is 1. The van der Waals surface area contributed by atoms with Crippen molar-refractivity contribution < 1.29 is 4.39 Å². The fourth-order valence-corrected chi connectivity index (χ4v) is 2.43. The minimum atomic E-state index is -0.356. The van der Waals surface area contributed by atoms with E-state index in [2.05, 4.69) is 29.8 Å². The molecule has 0 amide bonds. The number of anilines is 1. The lowest BCUT2D eigenvalue weighted by Gasteiger charge is -2.06. The highest BCUT2D eigenvalue weighted by molar-refractivity contribution is 5.83. The first-order valence-corrected chi connectivity index (χ1v) is 6.23. The lowest BCUT2D eigenvalue weighted by Crippen LogP contribution is -1.99. The summed E-state index contributed by atoms with van der Waals surface area (Å²) < 4.78 is 15.6. The van der Waals surface area contributed by atoms with Crippen LogP contribution in [-0.4, -0.2) is 4.57 Å². The number of nitrogens with zero attached hydrogens (tertiary/aromatic N) is 1. The molecule has 96 valence electrons. The highest BCUT2D eigenvalue weighted by Crippen LogP contribution is 2.22. The number of para-hydroxylation sites is 1. The van der Waals surface area contributed by atoms with E-state index < -0.39 is 0 Å². The molecule has 0 fully saturated rings. The lowest BCUT2D eigenvalue weighted by atomic mass is 10.2. The Morgan fingerprint density at radius 2 is 1.95 bits per heavy atom. The molecule has 0 aliphatic rings. The first-order valence-electron chi connectivity index (χ1n) is 6.23. The van der Waals surface area contributed by atoms with Crippen LogP contribution in [0.25, 0.3) is 10.9 Å². The topological polar surface area (TPSA) is 30.9 Å². The number of fused-ring (bicyclic) bond motifs is 1. The minimum Gasteiger partial charge on any atom is -0.396 e. The molecule has 0 unspecified atom stereocenters. The summed E-state index contributed by atoms with van der Waals surface area (Å²) in [5.74, 6) is -0.356. The van der Waals surface area contributed by atoms with Gasteiger partial charge in [0.1, 0.15) is 5.82 Å². The Kier molecular flexibility index (Phi) is 2.75. The number of nitrogen functional groups attached to an aromatic ring is 1. The minimum absolute atomic E-state index is 0.192. The van der Waals surface area contributed by atoms with Gasteiger partial charge in [-0.3, -0.25) is 0 Å². The van der Waals surface area contributed by atoms with Crippen LogP contribution in [0.5, 0.6) is 0 Å². The Morgan fingerprint density at radius 3 is 2.74 bits per heavy atom. The van der Waals surface area contributed by atoms with Gasteiger partial charge in [0, 0.05) is 23.6 Å². The van der Waals surface area contributed by atoms with Gasteiger partial charge in [-0.15, -0.1) is 0 Å². The number of rotatable bonds is 2. The Balaban J connectivity index is 2.03. The first-order chi connectivity index (χ1) is 9.15. The lowest BCUT2D eigenvalue weighted by molar-refractivity contribution is 0.628. The second-order valence-corrected chi connectivity index (χ2v) is 4.81. The molecule has 2 N–H and O–H groups in total. The van der Waals surface area contributed by atoms with Gasteiger partial charge in [0.25, 0.3) is 0 Å². The van der Waals surface area contributed by atoms with Gasteiger partial charge in [-0.25, -0.2) is 4.39 Å². The molecule has 0 saturated heterocycles. The molecule has 0 bridgehead atoms. The van der Waals surface area contributed by atoms with E-state index in [9.17, 15) is 4.39 Å². The molecular weight excluding hydrogens is 239 g/mol. The summed E-state index contributed by atoms with van der Waals surface area (Å²) in [6.07, 6.45) is 2.10. The van der Waals surface area contributed by atoms with E-state index in [1.54, 1.807) is 6.07 Å². The van der Waals surface area contributed by atoms with Crippen molar-refractivity contribution in [3.63, 3.8) is 0 Å². The van der Waals surface area contributed by atoms with E-state index in [4.69, 9.17) is 5.73 Å². The Morgan fingerprint density at radius 1 is 1.16 bits per heavy atom.